The van der Waals surface area contributed by atoms with E-state index in [1.807, 2.05) is 32.9 Å². The molecule has 1 heterocycles. The Morgan fingerprint density at radius 3 is 2.43 bits per heavy atom. The van der Waals surface area contributed by atoms with Crippen molar-refractivity contribution in [2.24, 2.45) is 5.41 Å². The van der Waals surface area contributed by atoms with Crippen molar-refractivity contribution in [2.75, 3.05) is 26.0 Å². The first-order valence-corrected chi connectivity index (χ1v) is 10.8. The van der Waals surface area contributed by atoms with Crippen LogP contribution in [-0.2, 0) is 9.59 Å². The monoisotopic (exact) mass is 414 g/mol. The molecule has 2 atom stereocenters. The third kappa shape index (κ3) is 5.12. The second-order valence-corrected chi connectivity index (χ2v) is 9.70. The quantitative estimate of drug-likeness (QED) is 0.749. The predicted octanol–water partition coefficient (Wildman–Crippen LogP) is 2.48. The standard InChI is InChI=1S/C23H34N4O3/c1-23(2,3)19(24-17-9-6-8-15(14-17)21(29)26(4)5)22(30)27-13-7-10-18(27)20(28)25-16-11-12-16/h6,8-9,14,16,18-19,24H,7,10-13H2,1-5H3,(H,25,28)/t18-,19?/m0/s1. The van der Waals surface area contributed by atoms with Crippen molar-refractivity contribution >= 4 is 23.4 Å². The lowest BCUT2D eigenvalue weighted by Gasteiger charge is -2.36. The van der Waals surface area contributed by atoms with Crippen LogP contribution in [0.4, 0.5) is 5.69 Å². The van der Waals surface area contributed by atoms with Gasteiger partial charge in [-0.3, -0.25) is 14.4 Å². The summed E-state index contributed by atoms with van der Waals surface area (Å²) in [5.41, 5.74) is 0.904. The molecule has 1 saturated heterocycles. The highest BCUT2D eigenvalue weighted by Crippen LogP contribution is 2.29. The SMILES string of the molecule is CN(C)C(=O)c1cccc(NC(C(=O)N2CCC[C@H]2C(=O)NC2CC2)C(C)(C)C)c1. The van der Waals surface area contributed by atoms with E-state index in [9.17, 15) is 14.4 Å². The van der Waals surface area contributed by atoms with Gasteiger partial charge in [-0.1, -0.05) is 26.8 Å². The average Bonchev–Trinajstić information content (AvgIpc) is 3.35. The lowest BCUT2D eigenvalue weighted by molar-refractivity contribution is -0.140. The number of nitrogens with zero attached hydrogens (tertiary/aromatic N) is 2. The van der Waals surface area contributed by atoms with Crippen LogP contribution in [0.1, 0.15) is 56.8 Å². The Kier molecular flexibility index (Phi) is 6.38. The molecule has 1 aliphatic heterocycles. The molecule has 0 bridgehead atoms. The second-order valence-electron chi connectivity index (χ2n) is 9.70. The zero-order valence-electron chi connectivity index (χ0n) is 18.7. The number of carbonyl (C=O) groups excluding carboxylic acids is 3. The Labute approximate surface area is 179 Å². The van der Waals surface area contributed by atoms with E-state index in [2.05, 4.69) is 10.6 Å². The van der Waals surface area contributed by atoms with Gasteiger partial charge in [0.05, 0.1) is 0 Å². The smallest absolute Gasteiger partial charge is 0.253 e. The minimum Gasteiger partial charge on any atom is -0.373 e. The third-order valence-corrected chi connectivity index (χ3v) is 5.70. The number of anilines is 1. The van der Waals surface area contributed by atoms with Crippen LogP contribution in [0.5, 0.6) is 0 Å². The van der Waals surface area contributed by atoms with E-state index in [0.717, 1.165) is 19.3 Å². The summed E-state index contributed by atoms with van der Waals surface area (Å²) in [4.78, 5) is 41.8. The number of amides is 3. The normalized spacial score (nSPS) is 19.9. The number of nitrogens with one attached hydrogen (secondary N) is 2. The summed E-state index contributed by atoms with van der Waals surface area (Å²) in [6.07, 6.45) is 3.59. The molecule has 7 nitrogen and oxygen atoms in total. The van der Waals surface area contributed by atoms with Crippen molar-refractivity contribution in [3.63, 3.8) is 0 Å². The maximum Gasteiger partial charge on any atom is 0.253 e. The van der Waals surface area contributed by atoms with Crippen molar-refractivity contribution in [3.05, 3.63) is 29.8 Å². The minimum absolute atomic E-state index is 0.0328. The van der Waals surface area contributed by atoms with Crippen molar-refractivity contribution in [1.82, 2.24) is 15.1 Å². The molecule has 1 aromatic carbocycles. The summed E-state index contributed by atoms with van der Waals surface area (Å²) in [5, 5.41) is 6.39. The van der Waals surface area contributed by atoms with Gasteiger partial charge in [0.1, 0.15) is 12.1 Å². The van der Waals surface area contributed by atoms with Crippen molar-refractivity contribution < 1.29 is 14.4 Å². The van der Waals surface area contributed by atoms with Crippen LogP contribution >= 0.6 is 0 Å². The van der Waals surface area contributed by atoms with Gasteiger partial charge in [0, 0.05) is 37.9 Å². The maximum atomic E-state index is 13.5. The molecule has 1 unspecified atom stereocenters. The fourth-order valence-corrected chi connectivity index (χ4v) is 3.81. The van der Waals surface area contributed by atoms with Crippen LogP contribution < -0.4 is 10.6 Å². The summed E-state index contributed by atoms with van der Waals surface area (Å²) in [5.74, 6) is -0.191. The van der Waals surface area contributed by atoms with Crippen molar-refractivity contribution in [1.29, 1.82) is 0 Å². The minimum atomic E-state index is -0.517. The first-order valence-electron chi connectivity index (χ1n) is 10.8. The van der Waals surface area contributed by atoms with E-state index < -0.39 is 12.1 Å². The molecule has 2 fully saturated rings. The molecule has 30 heavy (non-hydrogen) atoms. The third-order valence-electron chi connectivity index (χ3n) is 5.70. The number of carbonyl (C=O) groups is 3. The molecule has 2 N–H and O–H groups in total. The van der Waals surface area contributed by atoms with Gasteiger partial charge in [-0.05, 0) is 49.3 Å². The molecule has 1 aromatic rings. The highest BCUT2D eigenvalue weighted by Gasteiger charge is 2.42. The molecular weight excluding hydrogens is 380 g/mol. The fourth-order valence-electron chi connectivity index (χ4n) is 3.81. The molecule has 0 aromatic heterocycles. The Hall–Kier alpha value is -2.57. The topological polar surface area (TPSA) is 81.8 Å². The van der Waals surface area contributed by atoms with Crippen LogP contribution in [0.15, 0.2) is 24.3 Å². The molecule has 0 radical (unpaired) electrons. The molecule has 3 rings (SSSR count). The molecule has 2 aliphatic rings. The van der Waals surface area contributed by atoms with Crippen LogP contribution in [0, 0.1) is 5.41 Å². The van der Waals surface area contributed by atoms with E-state index in [1.54, 1.807) is 31.1 Å². The number of hydrogen-bond acceptors (Lipinski definition) is 4. The van der Waals surface area contributed by atoms with E-state index in [4.69, 9.17) is 0 Å². The van der Waals surface area contributed by atoms with Gasteiger partial charge in [-0.25, -0.2) is 0 Å². The Balaban J connectivity index is 1.79. The van der Waals surface area contributed by atoms with Crippen molar-refractivity contribution in [3.8, 4) is 0 Å². The largest absolute Gasteiger partial charge is 0.373 e. The van der Waals surface area contributed by atoms with Gasteiger partial charge in [-0.2, -0.15) is 0 Å². The molecule has 164 valence electrons. The highest BCUT2D eigenvalue weighted by atomic mass is 16.2. The maximum absolute atomic E-state index is 13.5. The van der Waals surface area contributed by atoms with E-state index >= 15 is 0 Å². The molecule has 1 aliphatic carbocycles. The van der Waals surface area contributed by atoms with Gasteiger partial charge in [0.15, 0.2) is 0 Å². The first kappa shape index (κ1) is 22.1. The van der Waals surface area contributed by atoms with Gasteiger partial charge < -0.3 is 20.4 Å². The Bertz CT molecular complexity index is 811. The lowest BCUT2D eigenvalue weighted by Crippen LogP contribution is -2.54. The molecule has 3 amide bonds. The average molecular weight is 415 g/mol. The number of hydrogen-bond donors (Lipinski definition) is 2. The van der Waals surface area contributed by atoms with Gasteiger partial charge >= 0.3 is 0 Å². The van der Waals surface area contributed by atoms with Crippen molar-refractivity contribution in [2.45, 2.75) is 64.6 Å². The van der Waals surface area contributed by atoms with E-state index in [-0.39, 0.29) is 29.2 Å². The Morgan fingerprint density at radius 1 is 1.13 bits per heavy atom. The predicted molar refractivity (Wildman–Crippen MR) is 117 cm³/mol. The van der Waals surface area contributed by atoms with Gasteiger partial charge in [-0.15, -0.1) is 0 Å². The molecule has 1 saturated carbocycles. The van der Waals surface area contributed by atoms with Crippen LogP contribution in [0.25, 0.3) is 0 Å². The molecule has 0 spiro atoms. The van der Waals surface area contributed by atoms with E-state index in [1.165, 1.54) is 4.90 Å². The summed E-state index contributed by atoms with van der Waals surface area (Å²) in [7, 11) is 3.42. The lowest BCUT2D eigenvalue weighted by atomic mass is 9.85. The first-order chi connectivity index (χ1) is 14.1. The van der Waals surface area contributed by atoms with Gasteiger partial charge in [0.25, 0.3) is 5.91 Å². The zero-order chi connectivity index (χ0) is 22.1. The number of rotatable bonds is 6. The second kappa shape index (κ2) is 8.66. The number of likely N-dealkylation sites (tertiary alicyclic amines) is 1. The summed E-state index contributed by atoms with van der Waals surface area (Å²) >= 11 is 0. The summed E-state index contributed by atoms with van der Waals surface area (Å²) < 4.78 is 0. The zero-order valence-corrected chi connectivity index (χ0v) is 18.7. The summed E-state index contributed by atoms with van der Waals surface area (Å²) in [6.45, 7) is 6.61. The highest BCUT2D eigenvalue weighted by molar-refractivity contribution is 5.95. The molecular formula is C23H34N4O3. The Morgan fingerprint density at radius 2 is 1.83 bits per heavy atom. The summed E-state index contributed by atoms with van der Waals surface area (Å²) in [6, 6.07) is 6.58. The van der Waals surface area contributed by atoms with Crippen LogP contribution in [-0.4, -0.2) is 66.3 Å². The van der Waals surface area contributed by atoms with Crippen LogP contribution in [0.2, 0.25) is 0 Å². The fraction of sp³-hybridized carbons (Fsp3) is 0.609. The van der Waals surface area contributed by atoms with Crippen LogP contribution in [0.3, 0.4) is 0 Å². The molecule has 7 heteroatoms. The van der Waals surface area contributed by atoms with Gasteiger partial charge in [0.2, 0.25) is 11.8 Å². The number of benzene rings is 1. The van der Waals surface area contributed by atoms with E-state index in [0.29, 0.717) is 24.2 Å².